The molecule has 0 radical (unpaired) electrons. The van der Waals surface area contributed by atoms with Crippen molar-refractivity contribution in [1.82, 2.24) is 0 Å². The number of benzene rings is 2. The average Bonchev–Trinajstić information content (AvgIpc) is 2.76. The largest absolute Gasteiger partial charge is 0.508 e. The van der Waals surface area contributed by atoms with Gasteiger partial charge in [0.15, 0.2) is 0 Å². The monoisotopic (exact) mass is 298 g/mol. The molecule has 3 rings (SSSR count). The van der Waals surface area contributed by atoms with Crippen LogP contribution in [0.15, 0.2) is 48.5 Å². The van der Waals surface area contributed by atoms with Crippen LogP contribution in [0.1, 0.15) is 6.42 Å². The summed E-state index contributed by atoms with van der Waals surface area (Å²) >= 11 is 0. The van der Waals surface area contributed by atoms with Crippen molar-refractivity contribution in [3.05, 3.63) is 48.5 Å². The molecule has 1 unspecified atom stereocenters. The van der Waals surface area contributed by atoms with Crippen LogP contribution < -0.4 is 10.2 Å². The van der Waals surface area contributed by atoms with Crippen LogP contribution in [0.2, 0.25) is 0 Å². The Morgan fingerprint density at radius 1 is 1.05 bits per heavy atom. The van der Waals surface area contributed by atoms with E-state index in [-0.39, 0.29) is 23.8 Å². The van der Waals surface area contributed by atoms with Gasteiger partial charge in [-0.05, 0) is 24.3 Å². The molecule has 3 N–H and O–H groups in total. The zero-order valence-corrected chi connectivity index (χ0v) is 11.6. The lowest BCUT2D eigenvalue weighted by molar-refractivity contribution is -0.121. The van der Waals surface area contributed by atoms with Gasteiger partial charge in [0.1, 0.15) is 17.5 Å². The van der Waals surface area contributed by atoms with Crippen molar-refractivity contribution in [2.45, 2.75) is 12.5 Å². The van der Waals surface area contributed by atoms with Crippen molar-refractivity contribution < 1.29 is 19.8 Å². The summed E-state index contributed by atoms with van der Waals surface area (Å²) in [7, 11) is 0. The highest BCUT2D eigenvalue weighted by molar-refractivity contribution is 6.23. The second-order valence-corrected chi connectivity index (χ2v) is 5.01. The number of para-hydroxylation sites is 2. The molecule has 0 saturated carbocycles. The Morgan fingerprint density at radius 3 is 2.55 bits per heavy atom. The number of nitrogens with one attached hydrogen (secondary N) is 1. The first-order chi connectivity index (χ1) is 10.6. The van der Waals surface area contributed by atoms with E-state index in [1.54, 1.807) is 30.3 Å². The average molecular weight is 298 g/mol. The standard InChI is InChI=1S/C16H14N2O4/c19-11-5-3-4-10(8-11)18-15(21)9-13(16(18)22)17-12-6-1-2-7-14(12)20/h1-8,13,17,19-20H,9H2. The summed E-state index contributed by atoms with van der Waals surface area (Å²) in [5, 5.41) is 22.1. The van der Waals surface area contributed by atoms with Crippen molar-refractivity contribution >= 4 is 23.2 Å². The molecule has 1 aliphatic rings. The maximum absolute atomic E-state index is 12.4. The molecule has 112 valence electrons. The van der Waals surface area contributed by atoms with Crippen LogP contribution in [0.4, 0.5) is 11.4 Å². The molecule has 1 heterocycles. The highest BCUT2D eigenvalue weighted by atomic mass is 16.3. The lowest BCUT2D eigenvalue weighted by Gasteiger charge is -2.16. The zero-order valence-electron chi connectivity index (χ0n) is 11.6. The van der Waals surface area contributed by atoms with Gasteiger partial charge in [-0.15, -0.1) is 0 Å². The Hall–Kier alpha value is -3.02. The molecule has 6 nitrogen and oxygen atoms in total. The molecular weight excluding hydrogens is 284 g/mol. The van der Waals surface area contributed by atoms with Crippen molar-refractivity contribution in [3.63, 3.8) is 0 Å². The molecule has 2 aromatic rings. The fraction of sp³-hybridized carbons (Fsp3) is 0.125. The third kappa shape index (κ3) is 2.46. The number of hydrogen-bond acceptors (Lipinski definition) is 5. The van der Waals surface area contributed by atoms with Gasteiger partial charge in [-0.3, -0.25) is 9.59 Å². The van der Waals surface area contributed by atoms with Crippen molar-refractivity contribution in [3.8, 4) is 11.5 Å². The SMILES string of the molecule is O=C1CC(Nc2ccccc2O)C(=O)N1c1cccc(O)c1. The molecular formula is C16H14N2O4. The Bertz CT molecular complexity index is 744. The Kier molecular flexibility index (Phi) is 3.42. The molecule has 0 aliphatic carbocycles. The lowest BCUT2D eigenvalue weighted by Crippen LogP contribution is -2.34. The highest BCUT2D eigenvalue weighted by Crippen LogP contribution is 2.29. The summed E-state index contributed by atoms with van der Waals surface area (Å²) in [5.41, 5.74) is 0.725. The smallest absolute Gasteiger partial charge is 0.256 e. The number of carbonyl (C=O) groups excluding carboxylic acids is 2. The number of amides is 2. The summed E-state index contributed by atoms with van der Waals surface area (Å²) in [4.78, 5) is 25.6. The molecule has 1 fully saturated rings. The first-order valence-corrected chi connectivity index (χ1v) is 6.76. The number of phenolic OH excluding ortho intramolecular Hbond substituents is 2. The summed E-state index contributed by atoms with van der Waals surface area (Å²) in [6.07, 6.45) is -0.0111. The van der Waals surface area contributed by atoms with Crippen LogP contribution in [0.25, 0.3) is 0 Å². The number of rotatable bonds is 3. The lowest BCUT2D eigenvalue weighted by atomic mass is 10.2. The Morgan fingerprint density at radius 2 is 1.82 bits per heavy atom. The minimum Gasteiger partial charge on any atom is -0.508 e. The molecule has 22 heavy (non-hydrogen) atoms. The molecule has 1 atom stereocenters. The Labute approximate surface area is 126 Å². The quantitative estimate of drug-likeness (QED) is 0.594. The molecule has 2 aromatic carbocycles. The van der Waals surface area contributed by atoms with Crippen LogP contribution in [-0.4, -0.2) is 28.1 Å². The number of phenols is 2. The molecule has 0 aromatic heterocycles. The number of carbonyl (C=O) groups is 2. The predicted octanol–water partition coefficient (Wildman–Crippen LogP) is 1.84. The molecule has 1 aliphatic heterocycles. The third-order valence-electron chi connectivity index (χ3n) is 3.47. The van der Waals surface area contributed by atoms with Gasteiger partial charge in [0.05, 0.1) is 17.8 Å². The van der Waals surface area contributed by atoms with E-state index in [4.69, 9.17) is 0 Å². The van der Waals surface area contributed by atoms with Crippen molar-refractivity contribution in [2.24, 2.45) is 0 Å². The van der Waals surface area contributed by atoms with E-state index in [1.807, 2.05) is 0 Å². The van der Waals surface area contributed by atoms with Crippen LogP contribution in [0, 0.1) is 0 Å². The Balaban J connectivity index is 1.84. The molecule has 6 heteroatoms. The van der Waals surface area contributed by atoms with E-state index in [1.165, 1.54) is 18.2 Å². The van der Waals surface area contributed by atoms with E-state index in [0.717, 1.165) is 4.90 Å². The molecule has 2 amide bonds. The van der Waals surface area contributed by atoms with Crippen LogP contribution in [0.3, 0.4) is 0 Å². The maximum atomic E-state index is 12.4. The van der Waals surface area contributed by atoms with Crippen LogP contribution in [0.5, 0.6) is 11.5 Å². The van der Waals surface area contributed by atoms with Gasteiger partial charge < -0.3 is 15.5 Å². The highest BCUT2D eigenvalue weighted by Gasteiger charge is 2.39. The summed E-state index contributed by atoms with van der Waals surface area (Å²) < 4.78 is 0. The number of imide groups is 1. The fourth-order valence-electron chi connectivity index (χ4n) is 2.43. The van der Waals surface area contributed by atoms with Gasteiger partial charge in [0.2, 0.25) is 5.91 Å². The first-order valence-electron chi connectivity index (χ1n) is 6.76. The maximum Gasteiger partial charge on any atom is 0.256 e. The number of aromatic hydroxyl groups is 2. The second-order valence-electron chi connectivity index (χ2n) is 5.01. The van der Waals surface area contributed by atoms with E-state index >= 15 is 0 Å². The van der Waals surface area contributed by atoms with Crippen LogP contribution in [-0.2, 0) is 9.59 Å². The number of nitrogens with zero attached hydrogens (tertiary/aromatic N) is 1. The van der Waals surface area contributed by atoms with E-state index < -0.39 is 11.9 Å². The molecule has 1 saturated heterocycles. The topological polar surface area (TPSA) is 89.9 Å². The summed E-state index contributed by atoms with van der Waals surface area (Å²) in [6, 6.07) is 11.7. The predicted molar refractivity (Wildman–Crippen MR) is 80.7 cm³/mol. The zero-order chi connectivity index (χ0) is 15.7. The van der Waals surface area contributed by atoms with Gasteiger partial charge in [0.25, 0.3) is 5.91 Å². The molecule has 0 bridgehead atoms. The first kappa shape index (κ1) is 13.9. The summed E-state index contributed by atoms with van der Waals surface area (Å²) in [6.45, 7) is 0. The minimum atomic E-state index is -0.747. The van der Waals surface area contributed by atoms with Gasteiger partial charge >= 0.3 is 0 Å². The van der Waals surface area contributed by atoms with Gasteiger partial charge in [0, 0.05) is 6.07 Å². The van der Waals surface area contributed by atoms with Crippen molar-refractivity contribution in [1.29, 1.82) is 0 Å². The molecule has 0 spiro atoms. The number of anilines is 2. The van der Waals surface area contributed by atoms with Gasteiger partial charge in [-0.2, -0.15) is 0 Å². The normalized spacial score (nSPS) is 17.8. The van der Waals surface area contributed by atoms with Crippen molar-refractivity contribution in [2.75, 3.05) is 10.2 Å². The van der Waals surface area contributed by atoms with E-state index in [0.29, 0.717) is 11.4 Å². The van der Waals surface area contributed by atoms with E-state index in [2.05, 4.69) is 5.32 Å². The minimum absolute atomic E-state index is 0.0111. The van der Waals surface area contributed by atoms with Crippen LogP contribution >= 0.6 is 0 Å². The van der Waals surface area contributed by atoms with Gasteiger partial charge in [-0.1, -0.05) is 18.2 Å². The third-order valence-corrected chi connectivity index (χ3v) is 3.47. The second kappa shape index (κ2) is 5.40. The fourth-order valence-corrected chi connectivity index (χ4v) is 2.43. The number of hydrogen-bond donors (Lipinski definition) is 3. The van der Waals surface area contributed by atoms with E-state index in [9.17, 15) is 19.8 Å². The summed E-state index contributed by atoms with van der Waals surface area (Å²) in [5.74, 6) is -0.781. The van der Waals surface area contributed by atoms with Gasteiger partial charge in [-0.25, -0.2) is 4.90 Å².